The number of carbonyl (C=O) groups is 1. The lowest BCUT2D eigenvalue weighted by atomic mass is 9.85. The van der Waals surface area contributed by atoms with Gasteiger partial charge in [0.1, 0.15) is 17.0 Å². The SMILES string of the molecule is COC(=O)c1c(C2CCCCC2)noc1C. The number of ether oxygens (including phenoxy) is 1. The van der Waals surface area contributed by atoms with E-state index in [1.165, 1.54) is 26.4 Å². The van der Waals surface area contributed by atoms with E-state index in [-0.39, 0.29) is 5.97 Å². The Hall–Kier alpha value is -1.32. The molecule has 4 heteroatoms. The average molecular weight is 223 g/mol. The summed E-state index contributed by atoms with van der Waals surface area (Å²) in [6.07, 6.45) is 5.88. The highest BCUT2D eigenvalue weighted by Gasteiger charge is 2.28. The van der Waals surface area contributed by atoms with E-state index in [9.17, 15) is 4.79 Å². The van der Waals surface area contributed by atoms with E-state index >= 15 is 0 Å². The summed E-state index contributed by atoms with van der Waals surface area (Å²) in [6.45, 7) is 1.76. The molecule has 1 aliphatic carbocycles. The molecule has 0 amide bonds. The monoisotopic (exact) mass is 223 g/mol. The minimum Gasteiger partial charge on any atom is -0.465 e. The van der Waals surface area contributed by atoms with Crippen molar-refractivity contribution >= 4 is 5.97 Å². The van der Waals surface area contributed by atoms with Crippen LogP contribution in [0.1, 0.15) is 59.8 Å². The van der Waals surface area contributed by atoms with Crippen molar-refractivity contribution in [1.29, 1.82) is 0 Å². The number of hydrogen-bond acceptors (Lipinski definition) is 4. The maximum atomic E-state index is 11.6. The molecule has 0 bridgehead atoms. The molecule has 1 aliphatic rings. The van der Waals surface area contributed by atoms with Crippen LogP contribution < -0.4 is 0 Å². The molecule has 1 saturated carbocycles. The predicted octanol–water partition coefficient (Wildman–Crippen LogP) is 2.82. The third-order valence-electron chi connectivity index (χ3n) is 3.27. The zero-order chi connectivity index (χ0) is 11.5. The number of esters is 1. The highest BCUT2D eigenvalue weighted by atomic mass is 16.5. The molecule has 1 aromatic heterocycles. The molecule has 1 heterocycles. The zero-order valence-electron chi connectivity index (χ0n) is 9.78. The number of nitrogens with zero attached hydrogens (tertiary/aromatic N) is 1. The topological polar surface area (TPSA) is 52.3 Å². The van der Waals surface area contributed by atoms with Gasteiger partial charge in [0, 0.05) is 5.92 Å². The van der Waals surface area contributed by atoms with Crippen molar-refractivity contribution < 1.29 is 14.1 Å². The average Bonchev–Trinajstić information content (AvgIpc) is 2.71. The molecule has 88 valence electrons. The lowest BCUT2D eigenvalue weighted by molar-refractivity contribution is 0.0597. The minimum absolute atomic E-state index is 0.334. The van der Waals surface area contributed by atoms with Gasteiger partial charge in [0.15, 0.2) is 0 Å². The van der Waals surface area contributed by atoms with Crippen LogP contribution in [0, 0.1) is 6.92 Å². The molecule has 0 unspecified atom stereocenters. The molecule has 0 atom stereocenters. The molecule has 0 saturated heterocycles. The van der Waals surface area contributed by atoms with Crippen LogP contribution in [0.4, 0.5) is 0 Å². The van der Waals surface area contributed by atoms with Gasteiger partial charge in [0.2, 0.25) is 0 Å². The Morgan fingerprint density at radius 2 is 2.06 bits per heavy atom. The Morgan fingerprint density at radius 1 is 1.38 bits per heavy atom. The first-order valence-corrected chi connectivity index (χ1v) is 5.78. The molecule has 0 aliphatic heterocycles. The summed E-state index contributed by atoms with van der Waals surface area (Å²) in [7, 11) is 1.39. The van der Waals surface area contributed by atoms with Gasteiger partial charge in [-0.2, -0.15) is 0 Å². The first-order valence-electron chi connectivity index (χ1n) is 5.78. The first-order chi connectivity index (χ1) is 7.74. The molecule has 2 rings (SSSR count). The van der Waals surface area contributed by atoms with Crippen LogP contribution in [0.2, 0.25) is 0 Å². The Balaban J connectivity index is 2.29. The first kappa shape index (κ1) is 11.2. The van der Waals surface area contributed by atoms with Crippen LogP contribution in [0.15, 0.2) is 4.52 Å². The largest absolute Gasteiger partial charge is 0.465 e. The van der Waals surface area contributed by atoms with Gasteiger partial charge < -0.3 is 9.26 Å². The highest BCUT2D eigenvalue weighted by molar-refractivity contribution is 5.91. The van der Waals surface area contributed by atoms with Gasteiger partial charge in [-0.1, -0.05) is 24.4 Å². The van der Waals surface area contributed by atoms with Crippen molar-refractivity contribution in [3.8, 4) is 0 Å². The second-order valence-corrected chi connectivity index (χ2v) is 4.33. The Bertz CT molecular complexity index is 378. The fourth-order valence-electron chi connectivity index (χ4n) is 2.39. The van der Waals surface area contributed by atoms with Crippen LogP contribution in [0.5, 0.6) is 0 Å². The van der Waals surface area contributed by atoms with Crippen molar-refractivity contribution in [3.05, 3.63) is 17.0 Å². The Labute approximate surface area is 95.0 Å². The van der Waals surface area contributed by atoms with E-state index in [0.717, 1.165) is 18.5 Å². The number of methoxy groups -OCH3 is 1. The quantitative estimate of drug-likeness (QED) is 0.723. The standard InChI is InChI=1S/C12H17NO3/c1-8-10(12(14)15-2)11(13-16-8)9-6-4-3-5-7-9/h9H,3-7H2,1-2H3. The summed E-state index contributed by atoms with van der Waals surface area (Å²) in [6, 6.07) is 0. The summed E-state index contributed by atoms with van der Waals surface area (Å²) in [5.74, 6) is 0.590. The van der Waals surface area contributed by atoms with Gasteiger partial charge in [0.05, 0.1) is 7.11 Å². The molecule has 0 N–H and O–H groups in total. The zero-order valence-corrected chi connectivity index (χ0v) is 9.78. The number of carbonyl (C=O) groups excluding carboxylic acids is 1. The van der Waals surface area contributed by atoms with Crippen LogP contribution in [0.25, 0.3) is 0 Å². The van der Waals surface area contributed by atoms with Crippen molar-refractivity contribution in [1.82, 2.24) is 5.16 Å². The summed E-state index contributed by atoms with van der Waals surface area (Å²) >= 11 is 0. The molecule has 0 aromatic carbocycles. The smallest absolute Gasteiger partial charge is 0.343 e. The lowest BCUT2D eigenvalue weighted by Crippen LogP contribution is -2.11. The summed E-state index contributed by atoms with van der Waals surface area (Å²) < 4.78 is 9.89. The summed E-state index contributed by atoms with van der Waals surface area (Å²) in [5, 5.41) is 4.03. The normalized spacial score (nSPS) is 17.4. The molecule has 0 spiro atoms. The van der Waals surface area contributed by atoms with Crippen LogP contribution in [-0.4, -0.2) is 18.2 Å². The van der Waals surface area contributed by atoms with Gasteiger partial charge in [-0.15, -0.1) is 0 Å². The van der Waals surface area contributed by atoms with Gasteiger partial charge in [-0.05, 0) is 19.8 Å². The van der Waals surface area contributed by atoms with Crippen LogP contribution in [-0.2, 0) is 4.74 Å². The summed E-state index contributed by atoms with van der Waals surface area (Å²) in [5.41, 5.74) is 1.33. The lowest BCUT2D eigenvalue weighted by Gasteiger charge is -2.19. The van der Waals surface area contributed by atoms with E-state index in [2.05, 4.69) is 5.16 Å². The minimum atomic E-state index is -0.334. The van der Waals surface area contributed by atoms with Crippen molar-refractivity contribution in [3.63, 3.8) is 0 Å². The Morgan fingerprint density at radius 3 is 2.69 bits per heavy atom. The van der Waals surface area contributed by atoms with E-state index in [1.807, 2.05) is 0 Å². The maximum Gasteiger partial charge on any atom is 0.343 e. The maximum absolute atomic E-state index is 11.6. The van der Waals surface area contributed by atoms with Gasteiger partial charge in [-0.3, -0.25) is 0 Å². The third kappa shape index (κ3) is 1.96. The molecular weight excluding hydrogens is 206 g/mol. The molecule has 1 aromatic rings. The third-order valence-corrected chi connectivity index (χ3v) is 3.27. The fourth-order valence-corrected chi connectivity index (χ4v) is 2.39. The van der Waals surface area contributed by atoms with Crippen molar-refractivity contribution in [2.45, 2.75) is 44.9 Å². The van der Waals surface area contributed by atoms with E-state index in [4.69, 9.17) is 9.26 Å². The predicted molar refractivity (Wildman–Crippen MR) is 58.4 cm³/mol. The highest BCUT2D eigenvalue weighted by Crippen LogP contribution is 2.34. The molecule has 4 nitrogen and oxygen atoms in total. The van der Waals surface area contributed by atoms with E-state index in [1.54, 1.807) is 6.92 Å². The van der Waals surface area contributed by atoms with Crippen LogP contribution in [0.3, 0.4) is 0 Å². The van der Waals surface area contributed by atoms with Gasteiger partial charge in [0.25, 0.3) is 0 Å². The van der Waals surface area contributed by atoms with Crippen molar-refractivity contribution in [2.75, 3.05) is 7.11 Å². The van der Waals surface area contributed by atoms with E-state index in [0.29, 0.717) is 17.2 Å². The molecule has 16 heavy (non-hydrogen) atoms. The number of hydrogen-bond donors (Lipinski definition) is 0. The number of rotatable bonds is 2. The molecular formula is C12H17NO3. The van der Waals surface area contributed by atoms with Crippen molar-refractivity contribution in [2.24, 2.45) is 0 Å². The van der Waals surface area contributed by atoms with Gasteiger partial charge in [-0.25, -0.2) is 4.79 Å². The second-order valence-electron chi connectivity index (χ2n) is 4.33. The summed E-state index contributed by atoms with van der Waals surface area (Å²) in [4.78, 5) is 11.6. The second kappa shape index (κ2) is 4.68. The molecule has 1 fully saturated rings. The van der Waals surface area contributed by atoms with E-state index < -0.39 is 0 Å². The Kier molecular flexibility index (Phi) is 3.27. The molecule has 0 radical (unpaired) electrons. The number of aromatic nitrogens is 1. The fraction of sp³-hybridized carbons (Fsp3) is 0.667. The number of aryl methyl sites for hydroxylation is 1. The van der Waals surface area contributed by atoms with Crippen LogP contribution >= 0.6 is 0 Å². The van der Waals surface area contributed by atoms with Gasteiger partial charge >= 0.3 is 5.97 Å².